The third kappa shape index (κ3) is 4.77. The van der Waals surface area contributed by atoms with E-state index in [1.165, 1.54) is 12.1 Å². The van der Waals surface area contributed by atoms with Crippen molar-refractivity contribution < 1.29 is 9.18 Å². The van der Waals surface area contributed by atoms with Gasteiger partial charge in [0.15, 0.2) is 0 Å². The molecule has 0 spiro atoms. The molecule has 26 heavy (non-hydrogen) atoms. The number of benzene rings is 2. The Morgan fingerprint density at radius 1 is 1.00 bits per heavy atom. The molecule has 5 heteroatoms. The van der Waals surface area contributed by atoms with Gasteiger partial charge in [0.25, 0.3) is 0 Å². The molecule has 134 valence electrons. The molecule has 1 amide bonds. The maximum absolute atomic E-state index is 13.2. The van der Waals surface area contributed by atoms with E-state index in [9.17, 15) is 9.18 Å². The highest BCUT2D eigenvalue weighted by Gasteiger charge is 2.18. The number of carbonyl (C=O) groups is 1. The van der Waals surface area contributed by atoms with Gasteiger partial charge in [-0.2, -0.15) is 0 Å². The normalized spacial score (nSPS) is 13.2. The van der Waals surface area contributed by atoms with Gasteiger partial charge in [0.2, 0.25) is 5.91 Å². The van der Waals surface area contributed by atoms with E-state index in [1.807, 2.05) is 54.8 Å². The van der Waals surface area contributed by atoms with Crippen LogP contribution in [0.25, 0.3) is 0 Å². The molecule has 3 rings (SSSR count). The molecule has 0 unspecified atom stereocenters. The fourth-order valence-corrected chi connectivity index (χ4v) is 3.55. The van der Waals surface area contributed by atoms with Gasteiger partial charge in [-0.15, -0.1) is 11.3 Å². The van der Waals surface area contributed by atoms with Crippen molar-refractivity contribution in [2.45, 2.75) is 19.0 Å². The molecule has 0 radical (unpaired) electrons. The van der Waals surface area contributed by atoms with Gasteiger partial charge < -0.3 is 10.6 Å². The summed E-state index contributed by atoms with van der Waals surface area (Å²) >= 11 is 1.56. The molecule has 0 aliphatic rings. The minimum Gasteiger partial charge on any atom is -0.343 e. The monoisotopic (exact) mass is 368 g/mol. The van der Waals surface area contributed by atoms with Crippen LogP contribution in [0.1, 0.15) is 35.0 Å². The van der Waals surface area contributed by atoms with Crippen LogP contribution in [0.3, 0.4) is 0 Å². The van der Waals surface area contributed by atoms with Crippen molar-refractivity contribution in [3.8, 4) is 0 Å². The summed E-state index contributed by atoms with van der Waals surface area (Å²) in [7, 11) is 0. The van der Waals surface area contributed by atoms with E-state index in [0.29, 0.717) is 0 Å². The van der Waals surface area contributed by atoms with E-state index in [4.69, 9.17) is 0 Å². The molecular weight excluding hydrogens is 347 g/mol. The zero-order chi connectivity index (χ0) is 18.4. The number of carbonyl (C=O) groups excluding carboxylic acids is 1. The summed E-state index contributed by atoms with van der Waals surface area (Å²) in [5.74, 6) is -0.390. The van der Waals surface area contributed by atoms with Gasteiger partial charge in [-0.05, 0) is 41.6 Å². The molecule has 2 aromatic carbocycles. The van der Waals surface area contributed by atoms with Crippen LogP contribution >= 0.6 is 11.3 Å². The summed E-state index contributed by atoms with van der Waals surface area (Å²) in [5, 5.41) is 8.26. The summed E-state index contributed by atoms with van der Waals surface area (Å²) in [5.41, 5.74) is 1.99. The van der Waals surface area contributed by atoms with Crippen molar-refractivity contribution in [1.82, 2.24) is 10.6 Å². The smallest absolute Gasteiger partial charge is 0.234 e. The fraction of sp³-hybridized carbons (Fsp3) is 0.190. The van der Waals surface area contributed by atoms with Crippen molar-refractivity contribution in [3.63, 3.8) is 0 Å². The van der Waals surface area contributed by atoms with E-state index < -0.39 is 0 Å². The molecule has 0 bridgehead atoms. The number of hydrogen-bond donors (Lipinski definition) is 2. The first kappa shape index (κ1) is 18.3. The Labute approximate surface area is 156 Å². The van der Waals surface area contributed by atoms with Crippen LogP contribution in [0.4, 0.5) is 4.39 Å². The lowest BCUT2D eigenvalue weighted by molar-refractivity contribution is -0.120. The number of thiophene rings is 1. The molecule has 1 aromatic heterocycles. The highest BCUT2D eigenvalue weighted by molar-refractivity contribution is 7.10. The molecule has 2 N–H and O–H groups in total. The lowest BCUT2D eigenvalue weighted by atomic mass is 10.1. The van der Waals surface area contributed by atoms with Crippen LogP contribution in [0.2, 0.25) is 0 Å². The predicted molar refractivity (Wildman–Crippen MR) is 104 cm³/mol. The van der Waals surface area contributed by atoms with Gasteiger partial charge in [-0.1, -0.05) is 48.5 Å². The molecule has 1 heterocycles. The number of hydrogen-bond acceptors (Lipinski definition) is 3. The number of nitrogens with one attached hydrogen (secondary N) is 2. The predicted octanol–water partition coefficient (Wildman–Crippen LogP) is 4.44. The maximum atomic E-state index is 13.2. The Balaban J connectivity index is 1.65. The zero-order valence-corrected chi connectivity index (χ0v) is 15.3. The van der Waals surface area contributed by atoms with Crippen molar-refractivity contribution in [3.05, 3.63) is 93.9 Å². The van der Waals surface area contributed by atoms with Gasteiger partial charge in [0.05, 0.1) is 12.6 Å². The summed E-state index contributed by atoms with van der Waals surface area (Å²) in [6.45, 7) is 2.23. The zero-order valence-electron chi connectivity index (χ0n) is 14.5. The second-order valence-corrected chi connectivity index (χ2v) is 7.06. The first-order chi connectivity index (χ1) is 12.6. The quantitative estimate of drug-likeness (QED) is 0.647. The standard InChI is InChI=1S/C21H21FN2OS/c1-15(16-6-3-2-4-7-16)23-14-20(25)24-21(19-8-5-13-26-19)17-9-11-18(22)12-10-17/h2-13,15,21,23H,14H2,1H3,(H,24,25)/t15-,21-/m0/s1. The lowest BCUT2D eigenvalue weighted by Gasteiger charge is -2.20. The summed E-state index contributed by atoms with van der Waals surface area (Å²) in [6, 6.07) is 19.9. The summed E-state index contributed by atoms with van der Waals surface area (Å²) in [6.07, 6.45) is 0. The third-order valence-corrected chi connectivity index (χ3v) is 5.14. The lowest BCUT2D eigenvalue weighted by Crippen LogP contribution is -2.37. The Morgan fingerprint density at radius 3 is 2.38 bits per heavy atom. The average Bonchev–Trinajstić information content (AvgIpc) is 3.20. The first-order valence-electron chi connectivity index (χ1n) is 8.50. The number of halogens is 1. The Hall–Kier alpha value is -2.50. The Bertz CT molecular complexity index is 819. The molecule has 3 aromatic rings. The van der Waals surface area contributed by atoms with Crippen molar-refractivity contribution >= 4 is 17.2 Å². The molecule has 0 saturated carbocycles. The van der Waals surface area contributed by atoms with Gasteiger partial charge in [0, 0.05) is 10.9 Å². The second kappa shape index (κ2) is 8.74. The maximum Gasteiger partial charge on any atom is 0.234 e. The van der Waals surface area contributed by atoms with Crippen LogP contribution in [-0.2, 0) is 4.79 Å². The van der Waals surface area contributed by atoms with Crippen LogP contribution in [0.5, 0.6) is 0 Å². The number of amides is 1. The Morgan fingerprint density at radius 2 is 1.73 bits per heavy atom. The minimum absolute atomic E-state index is 0.0768. The van der Waals surface area contributed by atoms with Crippen molar-refractivity contribution in [1.29, 1.82) is 0 Å². The molecule has 0 fully saturated rings. The van der Waals surface area contributed by atoms with Gasteiger partial charge in [0.1, 0.15) is 5.82 Å². The van der Waals surface area contributed by atoms with E-state index >= 15 is 0 Å². The van der Waals surface area contributed by atoms with Crippen molar-refractivity contribution in [2.75, 3.05) is 6.54 Å². The molecule has 0 aliphatic heterocycles. The van der Waals surface area contributed by atoms with Crippen molar-refractivity contribution in [2.24, 2.45) is 0 Å². The number of rotatable bonds is 7. The molecule has 2 atom stereocenters. The van der Waals surface area contributed by atoms with Gasteiger partial charge in [-0.25, -0.2) is 4.39 Å². The second-order valence-electron chi connectivity index (χ2n) is 6.08. The van der Waals surface area contributed by atoms with Crippen LogP contribution in [-0.4, -0.2) is 12.5 Å². The van der Waals surface area contributed by atoms with Crippen LogP contribution < -0.4 is 10.6 Å². The van der Waals surface area contributed by atoms with E-state index in [1.54, 1.807) is 23.5 Å². The van der Waals surface area contributed by atoms with E-state index in [2.05, 4.69) is 10.6 Å². The molecule has 3 nitrogen and oxygen atoms in total. The molecular formula is C21H21FN2OS. The van der Waals surface area contributed by atoms with Gasteiger partial charge >= 0.3 is 0 Å². The van der Waals surface area contributed by atoms with Crippen LogP contribution in [0.15, 0.2) is 72.1 Å². The first-order valence-corrected chi connectivity index (χ1v) is 9.38. The SMILES string of the molecule is C[C@H](NCC(=O)N[C@@H](c1ccc(F)cc1)c1cccs1)c1ccccc1. The topological polar surface area (TPSA) is 41.1 Å². The van der Waals surface area contributed by atoms with E-state index in [0.717, 1.165) is 16.0 Å². The summed E-state index contributed by atoms with van der Waals surface area (Å²) < 4.78 is 13.2. The van der Waals surface area contributed by atoms with E-state index in [-0.39, 0.29) is 30.4 Å². The highest BCUT2D eigenvalue weighted by Crippen LogP contribution is 2.26. The van der Waals surface area contributed by atoms with Crippen LogP contribution in [0, 0.1) is 5.82 Å². The highest BCUT2D eigenvalue weighted by atomic mass is 32.1. The largest absolute Gasteiger partial charge is 0.343 e. The summed E-state index contributed by atoms with van der Waals surface area (Å²) in [4.78, 5) is 13.5. The Kier molecular flexibility index (Phi) is 6.15. The molecule has 0 aliphatic carbocycles. The third-order valence-electron chi connectivity index (χ3n) is 4.20. The molecule has 0 saturated heterocycles. The fourth-order valence-electron chi connectivity index (χ4n) is 2.75. The van der Waals surface area contributed by atoms with Gasteiger partial charge in [-0.3, -0.25) is 4.79 Å². The minimum atomic E-state index is -0.289. The average molecular weight is 368 g/mol.